The summed E-state index contributed by atoms with van der Waals surface area (Å²) in [4.78, 5) is 4.98. The van der Waals surface area contributed by atoms with Gasteiger partial charge in [-0.3, -0.25) is 4.90 Å². The van der Waals surface area contributed by atoms with E-state index in [1.54, 1.807) is 14.2 Å². The highest BCUT2D eigenvalue weighted by molar-refractivity contribution is 5.69. The molecule has 0 radical (unpaired) electrons. The Hall–Kier alpha value is -3.64. The molecule has 2 aliphatic rings. The van der Waals surface area contributed by atoms with Crippen LogP contribution in [0, 0.1) is 0 Å². The quantitative estimate of drug-likeness (QED) is 0.556. The molecule has 3 aromatic carbocycles. The fourth-order valence-corrected chi connectivity index (χ4v) is 4.78. The zero-order valence-electron chi connectivity index (χ0n) is 19.9. The molecule has 0 aromatic heterocycles. The zero-order chi connectivity index (χ0) is 23.3. The van der Waals surface area contributed by atoms with E-state index in [-0.39, 0.29) is 0 Å². The third kappa shape index (κ3) is 4.82. The van der Waals surface area contributed by atoms with Crippen LogP contribution in [0.5, 0.6) is 11.5 Å². The number of hydrogen-bond acceptors (Lipinski definition) is 6. The van der Waals surface area contributed by atoms with E-state index >= 15 is 0 Å². The van der Waals surface area contributed by atoms with E-state index in [4.69, 9.17) is 9.47 Å². The zero-order valence-corrected chi connectivity index (χ0v) is 19.9. The van der Waals surface area contributed by atoms with Gasteiger partial charge in [0.15, 0.2) is 0 Å². The van der Waals surface area contributed by atoms with E-state index in [0.29, 0.717) is 0 Å². The van der Waals surface area contributed by atoms with Crippen LogP contribution in [0.3, 0.4) is 0 Å². The summed E-state index contributed by atoms with van der Waals surface area (Å²) in [6, 6.07) is 23.5. The Morgan fingerprint density at radius 3 is 2.50 bits per heavy atom. The summed E-state index contributed by atoms with van der Waals surface area (Å²) in [5, 5.41) is 6.70. The molecule has 0 saturated heterocycles. The van der Waals surface area contributed by atoms with Crippen molar-refractivity contribution in [3.63, 3.8) is 0 Å². The van der Waals surface area contributed by atoms with Crippen molar-refractivity contribution in [1.82, 2.24) is 15.5 Å². The summed E-state index contributed by atoms with van der Waals surface area (Å²) in [6.07, 6.45) is 2.09. The minimum atomic E-state index is 0.796. The van der Waals surface area contributed by atoms with Gasteiger partial charge in [-0.25, -0.2) is 0 Å². The molecule has 5 rings (SSSR count). The van der Waals surface area contributed by atoms with Crippen molar-refractivity contribution in [1.29, 1.82) is 0 Å². The number of benzene rings is 3. The second-order valence-corrected chi connectivity index (χ2v) is 8.75. The predicted octanol–water partition coefficient (Wildman–Crippen LogP) is 4.18. The monoisotopic (exact) mass is 456 g/mol. The summed E-state index contributed by atoms with van der Waals surface area (Å²) in [6.45, 7) is 5.23. The Morgan fingerprint density at radius 2 is 1.74 bits per heavy atom. The van der Waals surface area contributed by atoms with Crippen molar-refractivity contribution in [2.24, 2.45) is 0 Å². The van der Waals surface area contributed by atoms with Crippen molar-refractivity contribution in [3.8, 4) is 22.6 Å². The number of ether oxygens (including phenoxy) is 2. The Kier molecular flexibility index (Phi) is 6.58. The molecule has 6 heteroatoms. The average molecular weight is 457 g/mol. The summed E-state index contributed by atoms with van der Waals surface area (Å²) < 4.78 is 11.1. The molecule has 6 nitrogen and oxygen atoms in total. The summed E-state index contributed by atoms with van der Waals surface area (Å²) in [7, 11) is 3.44. The Morgan fingerprint density at radius 1 is 0.853 bits per heavy atom. The number of rotatable bonds is 7. The first-order chi connectivity index (χ1) is 16.7. The lowest BCUT2D eigenvalue weighted by atomic mass is 10.0. The molecule has 2 heterocycles. The third-order valence-corrected chi connectivity index (χ3v) is 6.54. The highest BCUT2D eigenvalue weighted by atomic mass is 16.5. The molecule has 0 spiro atoms. The number of fused-ring (bicyclic) bond motifs is 1. The summed E-state index contributed by atoms with van der Waals surface area (Å²) in [5.41, 5.74) is 7.49. The van der Waals surface area contributed by atoms with E-state index < -0.39 is 0 Å². The van der Waals surface area contributed by atoms with Crippen molar-refractivity contribution in [2.75, 3.05) is 45.4 Å². The van der Waals surface area contributed by atoms with Crippen molar-refractivity contribution in [3.05, 3.63) is 89.8 Å². The second kappa shape index (κ2) is 10.1. The Bertz CT molecular complexity index is 1160. The summed E-state index contributed by atoms with van der Waals surface area (Å²) >= 11 is 0. The molecule has 34 heavy (non-hydrogen) atoms. The van der Waals surface area contributed by atoms with Gasteiger partial charge in [-0.1, -0.05) is 36.4 Å². The molecule has 0 amide bonds. The van der Waals surface area contributed by atoms with Gasteiger partial charge in [0.05, 0.1) is 27.4 Å². The maximum atomic E-state index is 5.66. The van der Waals surface area contributed by atoms with E-state index in [2.05, 4.69) is 81.2 Å². The molecular weight excluding hydrogens is 424 g/mol. The highest BCUT2D eigenvalue weighted by Gasteiger charge is 2.23. The number of nitrogens with zero attached hydrogens (tertiary/aromatic N) is 2. The first-order valence-corrected chi connectivity index (χ1v) is 11.8. The lowest BCUT2D eigenvalue weighted by molar-refractivity contribution is 0.263. The van der Waals surface area contributed by atoms with Crippen LogP contribution in [0.1, 0.15) is 11.1 Å². The van der Waals surface area contributed by atoms with Gasteiger partial charge in [-0.05, 0) is 47.0 Å². The normalized spacial score (nSPS) is 15.6. The van der Waals surface area contributed by atoms with Crippen LogP contribution in [-0.2, 0) is 13.1 Å². The van der Waals surface area contributed by atoms with Crippen LogP contribution in [0.15, 0.2) is 78.6 Å². The fourth-order valence-electron chi connectivity index (χ4n) is 4.78. The molecule has 176 valence electrons. The Labute approximate surface area is 201 Å². The van der Waals surface area contributed by atoms with Gasteiger partial charge in [0.1, 0.15) is 11.5 Å². The molecule has 2 N–H and O–H groups in total. The van der Waals surface area contributed by atoms with E-state index in [0.717, 1.165) is 56.5 Å². The van der Waals surface area contributed by atoms with Gasteiger partial charge in [-0.15, -0.1) is 0 Å². The smallest absolute Gasteiger partial charge is 0.123 e. The standard InChI is InChI=1S/C28H32N4O2/c1-33-26-9-11-28(34-2)24(15-26)18-31-12-13-32(19-25-16-29-20-30-25)27-10-8-22(14-23(27)17-31)21-6-4-3-5-7-21/h3-11,14-16,29-30H,12-13,17-20H2,1-2H3. The van der Waals surface area contributed by atoms with E-state index in [1.807, 2.05) is 12.1 Å². The minimum Gasteiger partial charge on any atom is -0.497 e. The fraction of sp³-hybridized carbons (Fsp3) is 0.286. The van der Waals surface area contributed by atoms with Crippen LogP contribution in [0.4, 0.5) is 5.69 Å². The number of methoxy groups -OCH3 is 2. The lowest BCUT2D eigenvalue weighted by Gasteiger charge is -2.26. The molecule has 0 aliphatic carbocycles. The van der Waals surface area contributed by atoms with Crippen LogP contribution in [-0.4, -0.2) is 45.4 Å². The predicted molar refractivity (Wildman–Crippen MR) is 137 cm³/mol. The molecule has 2 aliphatic heterocycles. The first kappa shape index (κ1) is 22.2. The summed E-state index contributed by atoms with van der Waals surface area (Å²) in [5.74, 6) is 1.75. The topological polar surface area (TPSA) is 49.0 Å². The van der Waals surface area contributed by atoms with Crippen molar-refractivity contribution < 1.29 is 9.47 Å². The first-order valence-electron chi connectivity index (χ1n) is 11.8. The van der Waals surface area contributed by atoms with Crippen molar-refractivity contribution in [2.45, 2.75) is 13.1 Å². The van der Waals surface area contributed by atoms with Gasteiger partial charge in [-0.2, -0.15) is 0 Å². The van der Waals surface area contributed by atoms with Gasteiger partial charge in [0.25, 0.3) is 0 Å². The molecule has 0 atom stereocenters. The molecule has 0 unspecified atom stereocenters. The van der Waals surface area contributed by atoms with Crippen LogP contribution < -0.4 is 25.0 Å². The van der Waals surface area contributed by atoms with Gasteiger partial charge in [0, 0.05) is 49.3 Å². The number of anilines is 1. The molecule has 0 bridgehead atoms. The maximum Gasteiger partial charge on any atom is 0.123 e. The molecular formula is C28H32N4O2. The van der Waals surface area contributed by atoms with Crippen LogP contribution >= 0.6 is 0 Å². The highest BCUT2D eigenvalue weighted by Crippen LogP contribution is 2.32. The SMILES string of the molecule is COc1ccc(OC)c(CN2CCN(CC3=CNCN3)c3ccc(-c4ccccc4)cc3C2)c1. The van der Waals surface area contributed by atoms with Crippen LogP contribution in [0.2, 0.25) is 0 Å². The largest absolute Gasteiger partial charge is 0.497 e. The third-order valence-electron chi connectivity index (χ3n) is 6.54. The van der Waals surface area contributed by atoms with E-state index in [1.165, 1.54) is 28.1 Å². The van der Waals surface area contributed by atoms with E-state index in [9.17, 15) is 0 Å². The van der Waals surface area contributed by atoms with Gasteiger partial charge in [0.2, 0.25) is 0 Å². The molecule has 0 fully saturated rings. The number of nitrogens with one attached hydrogen (secondary N) is 2. The maximum absolute atomic E-state index is 5.66. The number of hydrogen-bond donors (Lipinski definition) is 2. The molecule has 0 saturated carbocycles. The Balaban J connectivity index is 1.47. The average Bonchev–Trinajstić information content (AvgIpc) is 3.34. The van der Waals surface area contributed by atoms with Crippen LogP contribution in [0.25, 0.3) is 11.1 Å². The van der Waals surface area contributed by atoms with Gasteiger partial charge < -0.3 is 25.0 Å². The lowest BCUT2D eigenvalue weighted by Crippen LogP contribution is -2.34. The molecule has 3 aromatic rings. The second-order valence-electron chi connectivity index (χ2n) is 8.75. The van der Waals surface area contributed by atoms with Crippen molar-refractivity contribution >= 4 is 5.69 Å². The minimum absolute atomic E-state index is 0.796. The van der Waals surface area contributed by atoms with Gasteiger partial charge >= 0.3 is 0 Å².